The molecule has 198 valence electrons. The Bertz CT molecular complexity index is 1730. The first kappa shape index (κ1) is 26.2. The Kier molecular flexibility index (Phi) is 7.70. The quantitative estimate of drug-likeness (QED) is 0.177. The molecule has 5 aromatic carbocycles. The summed E-state index contributed by atoms with van der Waals surface area (Å²) in [4.78, 5) is 15.8. The summed E-state index contributed by atoms with van der Waals surface area (Å²) >= 11 is 1.76. The molecule has 3 heteroatoms. The maximum Gasteiger partial charge on any atom is 0.150 e. The lowest BCUT2D eigenvalue weighted by Crippen LogP contribution is -2.09. The highest BCUT2D eigenvalue weighted by Gasteiger charge is 2.13. The predicted molar refractivity (Wildman–Crippen MR) is 175 cm³/mol. The summed E-state index contributed by atoms with van der Waals surface area (Å²) in [6, 6.07) is 48.3. The monoisotopic (exact) mass is 547 g/mol. The number of aryl methyl sites for hydroxylation is 1. The largest absolute Gasteiger partial charge is 0.311 e. The minimum atomic E-state index is 0.686. The molecule has 0 aliphatic heterocycles. The van der Waals surface area contributed by atoms with E-state index in [2.05, 4.69) is 127 Å². The van der Waals surface area contributed by atoms with Crippen LogP contribution in [0.4, 0.5) is 17.1 Å². The van der Waals surface area contributed by atoms with Crippen LogP contribution in [0.15, 0.2) is 140 Å². The lowest BCUT2D eigenvalue weighted by molar-refractivity contribution is 0.112. The summed E-state index contributed by atoms with van der Waals surface area (Å²) in [5, 5.41) is 0. The third-order valence-corrected chi connectivity index (χ3v) is 8.21. The molecule has 6 rings (SSSR count). The number of nitrogens with zero attached hydrogens (tertiary/aromatic N) is 1. The van der Waals surface area contributed by atoms with E-state index < -0.39 is 0 Å². The average molecular weight is 548 g/mol. The number of anilines is 3. The van der Waals surface area contributed by atoms with E-state index in [0.717, 1.165) is 34.5 Å². The van der Waals surface area contributed by atoms with Crippen molar-refractivity contribution in [3.05, 3.63) is 161 Å². The van der Waals surface area contributed by atoms with Crippen molar-refractivity contribution < 1.29 is 4.79 Å². The molecule has 1 heterocycles. The number of benzene rings is 5. The molecule has 0 aliphatic carbocycles. The van der Waals surface area contributed by atoms with Gasteiger partial charge in [0.1, 0.15) is 6.29 Å². The van der Waals surface area contributed by atoms with Crippen molar-refractivity contribution in [3.63, 3.8) is 0 Å². The van der Waals surface area contributed by atoms with Crippen LogP contribution in [0.25, 0.3) is 33.7 Å². The van der Waals surface area contributed by atoms with Gasteiger partial charge in [-0.3, -0.25) is 4.79 Å². The number of para-hydroxylation sites is 2. The molecule has 0 saturated heterocycles. The van der Waals surface area contributed by atoms with Gasteiger partial charge in [-0.2, -0.15) is 0 Å². The standard InChI is InChI=1S/C38H29NOS/c1-28-12-19-31(20-13-28)36-26-38(32-21-14-30(27-40)15-22-32)41-37(36)25-18-29-16-23-35(24-17-29)39(33-8-4-2-5-9-33)34-10-6-3-7-11-34/h2-27H,1H3/b25-18+. The number of carbonyl (C=O) groups excluding carboxylic acids is 1. The van der Waals surface area contributed by atoms with Gasteiger partial charge in [0.25, 0.3) is 0 Å². The van der Waals surface area contributed by atoms with Crippen LogP contribution in [-0.4, -0.2) is 6.29 Å². The Morgan fingerprint density at radius 3 is 1.68 bits per heavy atom. The molecule has 0 fully saturated rings. The van der Waals surface area contributed by atoms with Gasteiger partial charge in [-0.15, -0.1) is 11.3 Å². The Labute approximate surface area is 245 Å². The van der Waals surface area contributed by atoms with Crippen LogP contribution < -0.4 is 4.90 Å². The lowest BCUT2D eigenvalue weighted by atomic mass is 10.0. The average Bonchev–Trinajstić information content (AvgIpc) is 3.46. The van der Waals surface area contributed by atoms with E-state index in [9.17, 15) is 4.79 Å². The van der Waals surface area contributed by atoms with Crippen LogP contribution in [0.5, 0.6) is 0 Å². The number of aldehydes is 1. The molecule has 0 N–H and O–H groups in total. The van der Waals surface area contributed by atoms with Crippen molar-refractivity contribution in [1.82, 2.24) is 0 Å². The maximum absolute atomic E-state index is 11.1. The predicted octanol–water partition coefficient (Wildman–Crippen LogP) is 10.8. The van der Waals surface area contributed by atoms with E-state index in [4.69, 9.17) is 0 Å². The zero-order valence-electron chi connectivity index (χ0n) is 22.8. The second kappa shape index (κ2) is 12.0. The van der Waals surface area contributed by atoms with Crippen LogP contribution in [0, 0.1) is 6.92 Å². The smallest absolute Gasteiger partial charge is 0.150 e. The Morgan fingerprint density at radius 1 is 0.561 bits per heavy atom. The van der Waals surface area contributed by atoms with Gasteiger partial charge < -0.3 is 4.90 Å². The van der Waals surface area contributed by atoms with Gasteiger partial charge in [0.05, 0.1) is 0 Å². The maximum atomic E-state index is 11.1. The molecule has 2 nitrogen and oxygen atoms in total. The van der Waals surface area contributed by atoms with E-state index in [1.54, 1.807) is 11.3 Å². The molecule has 0 bridgehead atoms. The normalized spacial score (nSPS) is 11.0. The summed E-state index contributed by atoms with van der Waals surface area (Å²) in [6.07, 6.45) is 5.28. The SMILES string of the molecule is Cc1ccc(-c2cc(-c3ccc(C=O)cc3)sc2/C=C/c2ccc(N(c3ccccc3)c3ccccc3)cc2)cc1. The lowest BCUT2D eigenvalue weighted by Gasteiger charge is -2.25. The first-order valence-corrected chi connectivity index (χ1v) is 14.4. The van der Waals surface area contributed by atoms with E-state index in [0.29, 0.717) is 5.56 Å². The summed E-state index contributed by atoms with van der Waals surface area (Å²) in [5.41, 5.74) is 9.92. The fourth-order valence-corrected chi connectivity index (χ4v) is 5.95. The molecule has 0 aliphatic rings. The van der Waals surface area contributed by atoms with Crippen LogP contribution in [0.2, 0.25) is 0 Å². The molecule has 0 saturated carbocycles. The van der Waals surface area contributed by atoms with Gasteiger partial charge in [0.2, 0.25) is 0 Å². The van der Waals surface area contributed by atoms with Gasteiger partial charge in [-0.25, -0.2) is 0 Å². The number of hydrogen-bond acceptors (Lipinski definition) is 3. The summed E-state index contributed by atoms with van der Waals surface area (Å²) in [6.45, 7) is 2.11. The van der Waals surface area contributed by atoms with Gasteiger partial charge in [0, 0.05) is 37.9 Å². The van der Waals surface area contributed by atoms with E-state index in [1.165, 1.54) is 26.4 Å². The first-order chi connectivity index (χ1) is 20.2. The third kappa shape index (κ3) is 5.96. The van der Waals surface area contributed by atoms with Crippen LogP contribution >= 0.6 is 11.3 Å². The third-order valence-electron chi connectivity index (χ3n) is 7.06. The summed E-state index contributed by atoms with van der Waals surface area (Å²) in [7, 11) is 0. The molecule has 0 radical (unpaired) electrons. The number of hydrogen-bond donors (Lipinski definition) is 0. The fourth-order valence-electron chi connectivity index (χ4n) is 4.86. The van der Waals surface area contributed by atoms with Crippen molar-refractivity contribution in [3.8, 4) is 21.6 Å². The number of thiophene rings is 1. The molecular formula is C38H29NOS. The minimum Gasteiger partial charge on any atom is -0.311 e. The van der Waals surface area contributed by atoms with Gasteiger partial charge in [-0.05, 0) is 72.2 Å². The Morgan fingerprint density at radius 2 is 1.10 bits per heavy atom. The highest BCUT2D eigenvalue weighted by molar-refractivity contribution is 7.17. The highest BCUT2D eigenvalue weighted by atomic mass is 32.1. The molecule has 0 spiro atoms. The van der Waals surface area contributed by atoms with Crippen LogP contribution in [0.1, 0.15) is 26.4 Å². The Balaban J connectivity index is 1.33. The van der Waals surface area contributed by atoms with Gasteiger partial charge >= 0.3 is 0 Å². The number of carbonyl (C=O) groups is 1. The van der Waals surface area contributed by atoms with E-state index >= 15 is 0 Å². The molecule has 0 unspecified atom stereocenters. The summed E-state index contributed by atoms with van der Waals surface area (Å²) in [5.74, 6) is 0. The fraction of sp³-hybridized carbons (Fsp3) is 0.0263. The van der Waals surface area contributed by atoms with Gasteiger partial charge in [0.15, 0.2) is 0 Å². The molecule has 0 amide bonds. The second-order valence-electron chi connectivity index (χ2n) is 9.93. The molecule has 41 heavy (non-hydrogen) atoms. The molecule has 1 aromatic heterocycles. The minimum absolute atomic E-state index is 0.686. The van der Waals surface area contributed by atoms with Crippen molar-refractivity contribution >= 4 is 46.8 Å². The molecule has 6 aromatic rings. The van der Waals surface area contributed by atoms with Crippen molar-refractivity contribution in [2.24, 2.45) is 0 Å². The topological polar surface area (TPSA) is 20.3 Å². The zero-order valence-corrected chi connectivity index (χ0v) is 23.6. The van der Waals surface area contributed by atoms with Crippen molar-refractivity contribution in [1.29, 1.82) is 0 Å². The van der Waals surface area contributed by atoms with E-state index in [1.807, 2.05) is 36.4 Å². The highest BCUT2D eigenvalue weighted by Crippen LogP contribution is 2.39. The summed E-state index contributed by atoms with van der Waals surface area (Å²) < 4.78 is 0. The van der Waals surface area contributed by atoms with Crippen molar-refractivity contribution in [2.75, 3.05) is 4.90 Å². The van der Waals surface area contributed by atoms with Gasteiger partial charge in [-0.1, -0.05) is 109 Å². The van der Waals surface area contributed by atoms with Crippen molar-refractivity contribution in [2.45, 2.75) is 6.92 Å². The molecular weight excluding hydrogens is 518 g/mol. The van der Waals surface area contributed by atoms with Crippen LogP contribution in [0.3, 0.4) is 0 Å². The second-order valence-corrected chi connectivity index (χ2v) is 11.0. The first-order valence-electron chi connectivity index (χ1n) is 13.6. The zero-order chi connectivity index (χ0) is 28.0. The number of rotatable bonds is 8. The van der Waals surface area contributed by atoms with E-state index in [-0.39, 0.29) is 0 Å². The Hall–Kier alpha value is -4.99. The molecule has 0 atom stereocenters. The van der Waals surface area contributed by atoms with Crippen LogP contribution in [-0.2, 0) is 0 Å².